The van der Waals surface area contributed by atoms with Crippen molar-refractivity contribution in [3.05, 3.63) is 83.9 Å². The van der Waals surface area contributed by atoms with Gasteiger partial charge in [0.15, 0.2) is 5.69 Å². The molecule has 126 valence electrons. The van der Waals surface area contributed by atoms with Crippen LogP contribution >= 0.6 is 0 Å². The number of aromatic nitrogens is 2. The number of carbonyl (C=O) groups is 2. The first-order valence-corrected chi connectivity index (χ1v) is 7.84. The minimum absolute atomic E-state index is 0.0776. The van der Waals surface area contributed by atoms with Crippen molar-refractivity contribution in [3.8, 4) is 0 Å². The Kier molecular flexibility index (Phi) is 4.89. The first kappa shape index (κ1) is 16.4. The van der Waals surface area contributed by atoms with Crippen molar-refractivity contribution in [1.29, 1.82) is 0 Å². The largest absolute Gasteiger partial charge is 0.340 e. The molecule has 6 nitrogen and oxygen atoms in total. The summed E-state index contributed by atoms with van der Waals surface area (Å²) in [4.78, 5) is 33.4. The summed E-state index contributed by atoms with van der Waals surface area (Å²) in [5, 5.41) is 2.74. The molecule has 3 rings (SSSR count). The summed E-state index contributed by atoms with van der Waals surface area (Å²) >= 11 is 0. The third kappa shape index (κ3) is 3.92. The van der Waals surface area contributed by atoms with Crippen LogP contribution in [-0.2, 0) is 6.54 Å². The molecule has 1 aromatic heterocycles. The fraction of sp³-hybridized carbons (Fsp3) is 0.105. The van der Waals surface area contributed by atoms with Gasteiger partial charge in [0.1, 0.15) is 5.69 Å². The van der Waals surface area contributed by atoms with Crippen LogP contribution in [0.1, 0.15) is 26.5 Å². The summed E-state index contributed by atoms with van der Waals surface area (Å²) in [7, 11) is 1.69. The van der Waals surface area contributed by atoms with Gasteiger partial charge in [0.2, 0.25) is 0 Å². The quantitative estimate of drug-likeness (QED) is 0.753. The SMILES string of the molecule is CN(Cc1ccccc1)C(=O)c1[nH]cnc1C(=O)Nc1ccccc1. The smallest absolute Gasteiger partial charge is 0.276 e. The molecule has 0 spiro atoms. The first-order valence-electron chi connectivity index (χ1n) is 7.84. The monoisotopic (exact) mass is 334 g/mol. The molecule has 25 heavy (non-hydrogen) atoms. The van der Waals surface area contributed by atoms with Crippen LogP contribution < -0.4 is 5.32 Å². The second-order valence-corrected chi connectivity index (χ2v) is 5.59. The molecule has 0 atom stereocenters. The number of amides is 2. The second-order valence-electron chi connectivity index (χ2n) is 5.59. The fourth-order valence-corrected chi connectivity index (χ4v) is 2.46. The van der Waals surface area contributed by atoms with E-state index in [0.717, 1.165) is 5.56 Å². The molecule has 0 saturated heterocycles. The summed E-state index contributed by atoms with van der Waals surface area (Å²) in [6.07, 6.45) is 1.35. The Balaban J connectivity index is 1.74. The van der Waals surface area contributed by atoms with E-state index in [1.165, 1.54) is 6.33 Å². The number of para-hydroxylation sites is 1. The van der Waals surface area contributed by atoms with Crippen molar-refractivity contribution in [2.45, 2.75) is 6.54 Å². The molecule has 0 aliphatic carbocycles. The highest BCUT2D eigenvalue weighted by Gasteiger charge is 2.23. The minimum atomic E-state index is -0.427. The summed E-state index contributed by atoms with van der Waals surface area (Å²) in [5.74, 6) is -0.719. The molecule has 2 N–H and O–H groups in total. The molecule has 1 heterocycles. The number of hydrogen-bond donors (Lipinski definition) is 2. The van der Waals surface area contributed by atoms with Gasteiger partial charge >= 0.3 is 0 Å². The van der Waals surface area contributed by atoms with E-state index < -0.39 is 5.91 Å². The van der Waals surface area contributed by atoms with E-state index in [1.54, 1.807) is 24.1 Å². The molecule has 0 aliphatic rings. The number of H-pyrrole nitrogens is 1. The van der Waals surface area contributed by atoms with E-state index in [0.29, 0.717) is 12.2 Å². The number of aromatic amines is 1. The zero-order valence-corrected chi connectivity index (χ0v) is 13.8. The van der Waals surface area contributed by atoms with Gasteiger partial charge in [0.25, 0.3) is 11.8 Å². The molecular weight excluding hydrogens is 316 g/mol. The van der Waals surface area contributed by atoms with Gasteiger partial charge in [-0.05, 0) is 17.7 Å². The number of nitrogens with one attached hydrogen (secondary N) is 2. The summed E-state index contributed by atoms with van der Waals surface area (Å²) < 4.78 is 0. The number of benzene rings is 2. The molecule has 0 radical (unpaired) electrons. The van der Waals surface area contributed by atoms with E-state index in [2.05, 4.69) is 15.3 Å². The molecule has 0 bridgehead atoms. The molecule has 6 heteroatoms. The molecule has 0 unspecified atom stereocenters. The molecular formula is C19H18N4O2. The standard InChI is InChI=1S/C19H18N4O2/c1-23(12-14-8-4-2-5-9-14)19(25)17-16(20-13-21-17)18(24)22-15-10-6-3-7-11-15/h2-11,13H,12H2,1H3,(H,20,21)(H,22,24). The maximum atomic E-state index is 12.7. The number of imidazole rings is 1. The van der Waals surface area contributed by atoms with Crippen molar-refractivity contribution in [1.82, 2.24) is 14.9 Å². The van der Waals surface area contributed by atoms with Gasteiger partial charge in [-0.3, -0.25) is 9.59 Å². The van der Waals surface area contributed by atoms with Crippen molar-refractivity contribution in [2.75, 3.05) is 12.4 Å². The number of carbonyl (C=O) groups excluding carboxylic acids is 2. The van der Waals surface area contributed by atoms with Gasteiger partial charge in [-0.25, -0.2) is 4.98 Å². The van der Waals surface area contributed by atoms with Gasteiger partial charge in [-0.1, -0.05) is 48.5 Å². The zero-order valence-electron chi connectivity index (χ0n) is 13.8. The Morgan fingerprint density at radius 3 is 2.36 bits per heavy atom. The van der Waals surface area contributed by atoms with E-state index in [9.17, 15) is 9.59 Å². The van der Waals surface area contributed by atoms with E-state index in [4.69, 9.17) is 0 Å². The van der Waals surface area contributed by atoms with Crippen molar-refractivity contribution < 1.29 is 9.59 Å². The minimum Gasteiger partial charge on any atom is -0.340 e. The second kappa shape index (κ2) is 7.44. The lowest BCUT2D eigenvalue weighted by atomic mass is 10.2. The van der Waals surface area contributed by atoms with Crippen LogP contribution in [0, 0.1) is 0 Å². The van der Waals surface area contributed by atoms with Gasteiger partial charge in [0.05, 0.1) is 6.33 Å². The van der Waals surface area contributed by atoms with Gasteiger partial charge in [-0.2, -0.15) is 0 Å². The molecule has 2 aromatic carbocycles. The normalized spacial score (nSPS) is 10.3. The lowest BCUT2D eigenvalue weighted by molar-refractivity contribution is 0.0774. The number of hydrogen-bond acceptors (Lipinski definition) is 3. The number of rotatable bonds is 5. The van der Waals surface area contributed by atoms with E-state index in [-0.39, 0.29) is 17.3 Å². The van der Waals surface area contributed by atoms with Crippen LogP contribution in [0.2, 0.25) is 0 Å². The Bertz CT molecular complexity index is 859. The van der Waals surface area contributed by atoms with Gasteiger partial charge in [-0.15, -0.1) is 0 Å². The number of nitrogens with zero attached hydrogens (tertiary/aromatic N) is 2. The Hall–Kier alpha value is -3.41. The van der Waals surface area contributed by atoms with Crippen LogP contribution in [0.15, 0.2) is 67.0 Å². The average molecular weight is 334 g/mol. The highest BCUT2D eigenvalue weighted by atomic mass is 16.2. The Labute approximate surface area is 145 Å². The van der Waals surface area contributed by atoms with Crippen molar-refractivity contribution in [2.24, 2.45) is 0 Å². The lowest BCUT2D eigenvalue weighted by Crippen LogP contribution is -2.29. The van der Waals surface area contributed by atoms with E-state index in [1.807, 2.05) is 48.5 Å². The summed E-state index contributed by atoms with van der Waals surface area (Å²) in [6, 6.07) is 18.7. The van der Waals surface area contributed by atoms with Crippen LogP contribution in [0.5, 0.6) is 0 Å². The Morgan fingerprint density at radius 2 is 1.68 bits per heavy atom. The Morgan fingerprint density at radius 1 is 1.04 bits per heavy atom. The van der Waals surface area contributed by atoms with Crippen LogP contribution in [0.4, 0.5) is 5.69 Å². The summed E-state index contributed by atoms with van der Waals surface area (Å²) in [5.41, 5.74) is 1.90. The van der Waals surface area contributed by atoms with Crippen LogP contribution in [-0.4, -0.2) is 33.7 Å². The van der Waals surface area contributed by atoms with Crippen LogP contribution in [0.3, 0.4) is 0 Å². The molecule has 0 fully saturated rings. The molecule has 2 amide bonds. The zero-order chi connectivity index (χ0) is 17.6. The predicted octanol–water partition coefficient (Wildman–Crippen LogP) is 2.93. The van der Waals surface area contributed by atoms with Crippen molar-refractivity contribution in [3.63, 3.8) is 0 Å². The third-order valence-corrected chi connectivity index (χ3v) is 3.71. The lowest BCUT2D eigenvalue weighted by Gasteiger charge is -2.17. The average Bonchev–Trinajstić information content (AvgIpc) is 3.12. The topological polar surface area (TPSA) is 78.1 Å². The number of anilines is 1. The van der Waals surface area contributed by atoms with Crippen molar-refractivity contribution >= 4 is 17.5 Å². The maximum absolute atomic E-state index is 12.7. The van der Waals surface area contributed by atoms with E-state index >= 15 is 0 Å². The third-order valence-electron chi connectivity index (χ3n) is 3.71. The highest BCUT2D eigenvalue weighted by molar-refractivity contribution is 6.10. The fourth-order valence-electron chi connectivity index (χ4n) is 2.46. The highest BCUT2D eigenvalue weighted by Crippen LogP contribution is 2.12. The first-order chi connectivity index (χ1) is 12.1. The molecule has 0 aliphatic heterocycles. The van der Waals surface area contributed by atoms with Crippen LogP contribution in [0.25, 0.3) is 0 Å². The van der Waals surface area contributed by atoms with Gasteiger partial charge < -0.3 is 15.2 Å². The predicted molar refractivity (Wildman–Crippen MR) is 95.2 cm³/mol. The molecule has 0 saturated carbocycles. The maximum Gasteiger partial charge on any atom is 0.276 e. The molecule has 3 aromatic rings. The summed E-state index contributed by atoms with van der Waals surface area (Å²) in [6.45, 7) is 0.443. The van der Waals surface area contributed by atoms with Gasteiger partial charge in [0, 0.05) is 19.3 Å².